The van der Waals surface area contributed by atoms with Crippen LogP contribution in [-0.2, 0) is 9.59 Å². The number of carbonyl (C=O) groups excluding carboxylic acids is 2. The van der Waals surface area contributed by atoms with Crippen LogP contribution in [0.3, 0.4) is 0 Å². The molecule has 0 aliphatic carbocycles. The van der Waals surface area contributed by atoms with Crippen molar-refractivity contribution in [3.63, 3.8) is 0 Å². The van der Waals surface area contributed by atoms with Crippen molar-refractivity contribution < 1.29 is 9.59 Å². The Balaban J connectivity index is 0. The Morgan fingerprint density at radius 3 is 1.64 bits per heavy atom. The van der Waals surface area contributed by atoms with E-state index in [0.717, 1.165) is 38.3 Å². The highest BCUT2D eigenvalue weighted by Gasteiger charge is 1.96. The Kier molecular flexibility index (Phi) is 13.9. The van der Waals surface area contributed by atoms with E-state index in [1.807, 2.05) is 13.8 Å². The number of hydrogen-bond donors (Lipinski definition) is 0. The molecule has 0 radical (unpaired) electrons. The maximum absolute atomic E-state index is 9.97. The van der Waals surface area contributed by atoms with Crippen LogP contribution in [0.5, 0.6) is 0 Å². The Morgan fingerprint density at radius 2 is 1.57 bits per heavy atom. The summed E-state index contributed by atoms with van der Waals surface area (Å²) in [6, 6.07) is 0. The first-order chi connectivity index (χ1) is 6.62. The predicted molar refractivity (Wildman–Crippen MR) is 60.3 cm³/mol. The van der Waals surface area contributed by atoms with E-state index in [-0.39, 0.29) is 0 Å². The van der Waals surface area contributed by atoms with E-state index in [1.165, 1.54) is 0 Å². The van der Waals surface area contributed by atoms with Crippen LogP contribution in [0.25, 0.3) is 0 Å². The minimum absolute atomic E-state index is 0.306. The summed E-state index contributed by atoms with van der Waals surface area (Å²) in [5.41, 5.74) is 0. The first-order valence-corrected chi connectivity index (χ1v) is 5.51. The molecule has 14 heavy (non-hydrogen) atoms. The molecule has 2 heteroatoms. The summed E-state index contributed by atoms with van der Waals surface area (Å²) in [4.78, 5) is 19.7. The quantitative estimate of drug-likeness (QED) is 0.617. The first-order valence-electron chi connectivity index (χ1n) is 5.51. The topological polar surface area (TPSA) is 34.1 Å². The molecule has 0 aliphatic rings. The molecule has 0 aromatic rings. The molecular weight excluding hydrogens is 176 g/mol. The van der Waals surface area contributed by atoms with Gasteiger partial charge in [-0.1, -0.05) is 27.7 Å². The molecule has 0 aromatic heterocycles. The third-order valence-corrected chi connectivity index (χ3v) is 2.10. The lowest BCUT2D eigenvalue weighted by Crippen LogP contribution is -1.95. The van der Waals surface area contributed by atoms with Gasteiger partial charge >= 0.3 is 0 Å². The van der Waals surface area contributed by atoms with E-state index < -0.39 is 0 Å². The minimum Gasteiger partial charge on any atom is -0.303 e. The fourth-order valence-corrected chi connectivity index (χ4v) is 0.882. The SMILES string of the molecule is CC(C)CCC=O.CCC(C=O)CC. The van der Waals surface area contributed by atoms with Crippen LogP contribution in [0.4, 0.5) is 0 Å². The number of carbonyl (C=O) groups is 2. The molecule has 0 N–H and O–H groups in total. The molecular formula is C12H24O2. The summed E-state index contributed by atoms with van der Waals surface area (Å²) >= 11 is 0. The average Bonchev–Trinajstić information content (AvgIpc) is 2.18. The van der Waals surface area contributed by atoms with E-state index in [0.29, 0.717) is 11.8 Å². The molecule has 0 heterocycles. The van der Waals surface area contributed by atoms with Crippen molar-refractivity contribution in [3.05, 3.63) is 0 Å². The fraction of sp³-hybridized carbons (Fsp3) is 0.833. The van der Waals surface area contributed by atoms with Crippen LogP contribution in [0, 0.1) is 11.8 Å². The van der Waals surface area contributed by atoms with Crippen LogP contribution >= 0.6 is 0 Å². The average molecular weight is 200 g/mol. The van der Waals surface area contributed by atoms with Gasteiger partial charge in [0.1, 0.15) is 12.6 Å². The Hall–Kier alpha value is -0.660. The Labute approximate surface area is 88.1 Å². The lowest BCUT2D eigenvalue weighted by atomic mass is 10.1. The molecule has 0 amide bonds. The van der Waals surface area contributed by atoms with Crippen LogP contribution in [-0.4, -0.2) is 12.6 Å². The smallest absolute Gasteiger partial charge is 0.123 e. The largest absolute Gasteiger partial charge is 0.303 e. The van der Waals surface area contributed by atoms with Gasteiger partial charge < -0.3 is 9.59 Å². The van der Waals surface area contributed by atoms with Crippen molar-refractivity contribution in [1.82, 2.24) is 0 Å². The van der Waals surface area contributed by atoms with Gasteiger partial charge in [0.25, 0.3) is 0 Å². The van der Waals surface area contributed by atoms with Crippen molar-refractivity contribution in [3.8, 4) is 0 Å². The lowest BCUT2D eigenvalue weighted by Gasteiger charge is -1.97. The zero-order valence-electron chi connectivity index (χ0n) is 9.95. The van der Waals surface area contributed by atoms with Gasteiger partial charge in [-0.05, 0) is 25.2 Å². The molecule has 0 rings (SSSR count). The van der Waals surface area contributed by atoms with Gasteiger partial charge in [0.05, 0.1) is 0 Å². The fourth-order valence-electron chi connectivity index (χ4n) is 0.882. The standard InChI is InChI=1S/2C6H12O/c1-6(2)4-3-5-7;1-3-6(4-2)5-7/h2*5-6H,3-4H2,1-2H3. The number of aldehydes is 2. The Morgan fingerprint density at radius 1 is 1.07 bits per heavy atom. The second kappa shape index (κ2) is 12.3. The summed E-state index contributed by atoms with van der Waals surface area (Å²) in [5, 5.41) is 0. The van der Waals surface area contributed by atoms with E-state index in [9.17, 15) is 9.59 Å². The van der Waals surface area contributed by atoms with Gasteiger partial charge in [0, 0.05) is 12.3 Å². The van der Waals surface area contributed by atoms with E-state index in [2.05, 4.69) is 13.8 Å². The van der Waals surface area contributed by atoms with Crippen LogP contribution in [0.1, 0.15) is 53.4 Å². The molecule has 0 aliphatic heterocycles. The summed E-state index contributed by atoms with van der Waals surface area (Å²) in [6.45, 7) is 8.29. The van der Waals surface area contributed by atoms with E-state index >= 15 is 0 Å². The highest BCUT2D eigenvalue weighted by atomic mass is 16.1. The van der Waals surface area contributed by atoms with Gasteiger partial charge in [-0.25, -0.2) is 0 Å². The van der Waals surface area contributed by atoms with E-state index in [1.54, 1.807) is 0 Å². The molecule has 0 atom stereocenters. The van der Waals surface area contributed by atoms with Crippen molar-refractivity contribution >= 4 is 12.6 Å². The van der Waals surface area contributed by atoms with Gasteiger partial charge in [0.2, 0.25) is 0 Å². The number of hydrogen-bond acceptors (Lipinski definition) is 2. The van der Waals surface area contributed by atoms with Crippen molar-refractivity contribution in [2.24, 2.45) is 11.8 Å². The second-order valence-corrected chi connectivity index (χ2v) is 3.85. The molecule has 0 aromatic carbocycles. The minimum atomic E-state index is 0.306. The highest BCUT2D eigenvalue weighted by molar-refractivity contribution is 5.52. The van der Waals surface area contributed by atoms with Gasteiger partial charge in [-0.15, -0.1) is 0 Å². The Bertz CT molecular complexity index is 126. The first kappa shape index (κ1) is 15.8. The third-order valence-electron chi connectivity index (χ3n) is 2.10. The maximum atomic E-state index is 9.97. The van der Waals surface area contributed by atoms with Gasteiger partial charge in [0.15, 0.2) is 0 Å². The molecule has 2 nitrogen and oxygen atoms in total. The monoisotopic (exact) mass is 200 g/mol. The molecule has 0 saturated heterocycles. The summed E-state index contributed by atoms with van der Waals surface area (Å²) < 4.78 is 0. The van der Waals surface area contributed by atoms with E-state index in [4.69, 9.17) is 0 Å². The molecule has 84 valence electrons. The third kappa shape index (κ3) is 13.9. The second-order valence-electron chi connectivity index (χ2n) is 3.85. The number of rotatable bonds is 6. The predicted octanol–water partition coefficient (Wildman–Crippen LogP) is 3.24. The zero-order chi connectivity index (χ0) is 11.4. The van der Waals surface area contributed by atoms with Crippen LogP contribution < -0.4 is 0 Å². The summed E-state index contributed by atoms with van der Waals surface area (Å²) in [6.07, 6.45) is 5.72. The van der Waals surface area contributed by atoms with Gasteiger partial charge in [-0.2, -0.15) is 0 Å². The highest BCUT2D eigenvalue weighted by Crippen LogP contribution is 2.01. The van der Waals surface area contributed by atoms with Gasteiger partial charge in [-0.3, -0.25) is 0 Å². The van der Waals surface area contributed by atoms with Crippen molar-refractivity contribution in [2.75, 3.05) is 0 Å². The normalized spacial score (nSPS) is 9.57. The lowest BCUT2D eigenvalue weighted by molar-refractivity contribution is -0.111. The molecule has 0 saturated carbocycles. The van der Waals surface area contributed by atoms with Crippen molar-refractivity contribution in [2.45, 2.75) is 53.4 Å². The maximum Gasteiger partial charge on any atom is 0.123 e. The van der Waals surface area contributed by atoms with Crippen LogP contribution in [0.15, 0.2) is 0 Å². The summed E-state index contributed by atoms with van der Waals surface area (Å²) in [5.74, 6) is 0.977. The summed E-state index contributed by atoms with van der Waals surface area (Å²) in [7, 11) is 0. The molecule has 0 spiro atoms. The molecule has 0 unspecified atom stereocenters. The van der Waals surface area contributed by atoms with Crippen molar-refractivity contribution in [1.29, 1.82) is 0 Å². The van der Waals surface area contributed by atoms with Crippen LogP contribution in [0.2, 0.25) is 0 Å². The molecule has 0 fully saturated rings. The zero-order valence-corrected chi connectivity index (χ0v) is 9.95. The molecule has 0 bridgehead atoms.